The van der Waals surface area contributed by atoms with Crippen molar-refractivity contribution >= 4 is 11.9 Å². The van der Waals surface area contributed by atoms with Gasteiger partial charge in [0.15, 0.2) is 0 Å². The van der Waals surface area contributed by atoms with E-state index in [4.69, 9.17) is 15.6 Å². The van der Waals surface area contributed by atoms with Gasteiger partial charge < -0.3 is 15.6 Å². The van der Waals surface area contributed by atoms with Gasteiger partial charge in [-0.05, 0) is 30.5 Å². The Hall–Kier alpha value is -1.88. The predicted molar refractivity (Wildman–Crippen MR) is 149 cm³/mol. The second kappa shape index (κ2) is 22.3. The first kappa shape index (κ1) is 32.1. The minimum atomic E-state index is -1.02. The van der Waals surface area contributed by atoms with Crippen molar-refractivity contribution in [2.45, 2.75) is 148 Å². The molecule has 206 valence electrons. The van der Waals surface area contributed by atoms with Gasteiger partial charge in [0.25, 0.3) is 0 Å². The lowest BCUT2D eigenvalue weighted by atomic mass is 10.0. The Bertz CT molecular complexity index is 674. The molecule has 0 aliphatic carbocycles. The topological polar surface area (TPSA) is 89.6 Å². The van der Waals surface area contributed by atoms with E-state index in [0.29, 0.717) is 12.2 Å². The van der Waals surface area contributed by atoms with E-state index < -0.39 is 12.0 Å². The lowest BCUT2D eigenvalue weighted by molar-refractivity contribution is -0.138. The maximum atomic E-state index is 12.0. The predicted octanol–water partition coefficient (Wildman–Crippen LogP) is 8.37. The van der Waals surface area contributed by atoms with Crippen molar-refractivity contribution in [3.63, 3.8) is 0 Å². The molecule has 5 heteroatoms. The molecule has 0 spiro atoms. The van der Waals surface area contributed by atoms with Crippen molar-refractivity contribution in [2.75, 3.05) is 0 Å². The summed E-state index contributed by atoms with van der Waals surface area (Å²) in [4.78, 5) is 22.9. The lowest BCUT2D eigenvalue weighted by Crippen LogP contribution is -2.32. The van der Waals surface area contributed by atoms with Crippen molar-refractivity contribution in [2.24, 2.45) is 5.73 Å². The van der Waals surface area contributed by atoms with Gasteiger partial charge in [-0.3, -0.25) is 9.59 Å². The van der Waals surface area contributed by atoms with Gasteiger partial charge in [0.05, 0.1) is 0 Å². The highest BCUT2D eigenvalue weighted by atomic mass is 16.5. The molecule has 0 bridgehead atoms. The molecule has 5 nitrogen and oxygen atoms in total. The molecule has 0 aliphatic rings. The summed E-state index contributed by atoms with van der Waals surface area (Å²) in [5.74, 6) is -0.743. The molecule has 0 saturated heterocycles. The molecule has 3 N–H and O–H groups in total. The highest BCUT2D eigenvalue weighted by Gasteiger charge is 2.12. The van der Waals surface area contributed by atoms with Gasteiger partial charge in [0.1, 0.15) is 11.8 Å². The zero-order chi connectivity index (χ0) is 26.3. The number of esters is 1. The summed E-state index contributed by atoms with van der Waals surface area (Å²) in [7, 11) is 0. The van der Waals surface area contributed by atoms with Crippen LogP contribution >= 0.6 is 0 Å². The highest BCUT2D eigenvalue weighted by molar-refractivity contribution is 5.73. The van der Waals surface area contributed by atoms with Gasteiger partial charge in [-0.1, -0.05) is 135 Å². The average Bonchev–Trinajstić information content (AvgIpc) is 2.86. The largest absolute Gasteiger partial charge is 0.480 e. The SMILES string of the molecule is CCCCCCCCCCCCCCCCCCCCCC(=O)Oc1ccc(C[C@H](N)C(=O)O)cc1. The second-order valence-electron chi connectivity index (χ2n) is 10.4. The molecule has 1 aromatic rings. The van der Waals surface area contributed by atoms with Crippen LogP contribution < -0.4 is 10.5 Å². The van der Waals surface area contributed by atoms with Crippen molar-refractivity contribution in [1.29, 1.82) is 0 Å². The van der Waals surface area contributed by atoms with Crippen molar-refractivity contribution in [3.05, 3.63) is 29.8 Å². The van der Waals surface area contributed by atoms with Crippen molar-refractivity contribution in [3.8, 4) is 5.75 Å². The molecule has 0 aliphatic heterocycles. The normalized spacial score (nSPS) is 11.9. The number of nitrogens with two attached hydrogens (primary N) is 1. The van der Waals surface area contributed by atoms with E-state index in [2.05, 4.69) is 6.92 Å². The Morgan fingerprint density at radius 1 is 0.694 bits per heavy atom. The Balaban J connectivity index is 1.87. The maximum Gasteiger partial charge on any atom is 0.320 e. The second-order valence-corrected chi connectivity index (χ2v) is 10.4. The first-order valence-electron chi connectivity index (χ1n) is 14.8. The molecule has 36 heavy (non-hydrogen) atoms. The molecule has 0 amide bonds. The fourth-order valence-electron chi connectivity index (χ4n) is 4.57. The van der Waals surface area contributed by atoms with Crippen LogP contribution in [0.4, 0.5) is 0 Å². The van der Waals surface area contributed by atoms with Crippen LogP contribution in [0.25, 0.3) is 0 Å². The minimum absolute atomic E-state index is 0.211. The number of carboxylic acids is 1. The van der Waals surface area contributed by atoms with Crippen LogP contribution in [0, 0.1) is 0 Å². The molecule has 0 radical (unpaired) electrons. The maximum absolute atomic E-state index is 12.0. The number of ether oxygens (including phenoxy) is 1. The number of hydrogen-bond acceptors (Lipinski definition) is 4. The molecule has 0 fully saturated rings. The number of unbranched alkanes of at least 4 members (excludes halogenated alkanes) is 18. The van der Waals surface area contributed by atoms with E-state index >= 15 is 0 Å². The monoisotopic (exact) mass is 503 g/mol. The molecule has 0 aromatic heterocycles. The summed E-state index contributed by atoms with van der Waals surface area (Å²) in [5, 5.41) is 8.87. The fourth-order valence-corrected chi connectivity index (χ4v) is 4.57. The Labute approximate surface area is 220 Å². The number of carboxylic acid groups (broad SMARTS) is 1. The molecule has 0 saturated carbocycles. The van der Waals surface area contributed by atoms with Gasteiger partial charge >= 0.3 is 11.9 Å². The molecule has 1 atom stereocenters. The molecule has 0 heterocycles. The first-order chi connectivity index (χ1) is 17.5. The number of hydrogen-bond donors (Lipinski definition) is 2. The summed E-state index contributed by atoms with van der Waals surface area (Å²) in [6, 6.07) is 5.97. The van der Waals surface area contributed by atoms with Gasteiger partial charge in [0, 0.05) is 6.42 Å². The van der Waals surface area contributed by atoms with Crippen LogP contribution in [0.1, 0.15) is 141 Å². The zero-order valence-corrected chi connectivity index (χ0v) is 23.0. The summed E-state index contributed by atoms with van der Waals surface area (Å²) in [6.07, 6.45) is 26.0. The third kappa shape index (κ3) is 18.4. The summed E-state index contributed by atoms with van der Waals surface area (Å²) in [6.45, 7) is 2.28. The van der Waals surface area contributed by atoms with Crippen LogP contribution in [0.2, 0.25) is 0 Å². The summed E-state index contributed by atoms with van der Waals surface area (Å²) >= 11 is 0. The Morgan fingerprint density at radius 3 is 1.47 bits per heavy atom. The van der Waals surface area contributed by atoms with Crippen LogP contribution in [0.15, 0.2) is 24.3 Å². The number of rotatable bonds is 24. The molecular weight excluding hydrogens is 450 g/mol. The number of carbonyl (C=O) groups excluding carboxylic acids is 1. The zero-order valence-electron chi connectivity index (χ0n) is 23.0. The van der Waals surface area contributed by atoms with E-state index in [-0.39, 0.29) is 12.4 Å². The van der Waals surface area contributed by atoms with Crippen LogP contribution in [-0.4, -0.2) is 23.1 Å². The molecule has 0 unspecified atom stereocenters. The fraction of sp³-hybridized carbons (Fsp3) is 0.742. The summed E-state index contributed by atoms with van der Waals surface area (Å²) in [5.41, 5.74) is 6.35. The minimum Gasteiger partial charge on any atom is -0.480 e. The van der Waals surface area contributed by atoms with E-state index in [9.17, 15) is 9.59 Å². The third-order valence-corrected chi connectivity index (χ3v) is 6.91. The van der Waals surface area contributed by atoms with Crippen LogP contribution in [0.3, 0.4) is 0 Å². The highest BCUT2D eigenvalue weighted by Crippen LogP contribution is 2.17. The Morgan fingerprint density at radius 2 is 1.08 bits per heavy atom. The molecule has 1 aromatic carbocycles. The lowest BCUT2D eigenvalue weighted by Gasteiger charge is -2.08. The van der Waals surface area contributed by atoms with Gasteiger partial charge in [-0.2, -0.15) is 0 Å². The standard InChI is InChI=1S/C31H53NO4/c1-2-3-4-5-6-7-8-9-10-11-12-13-14-15-16-17-18-19-20-21-30(33)36-28-24-22-27(23-25-28)26-29(32)31(34)35/h22-25,29H,2-21,26,32H2,1H3,(H,34,35)/t29-/m0/s1. The van der Waals surface area contributed by atoms with E-state index in [0.717, 1.165) is 18.4 Å². The van der Waals surface area contributed by atoms with E-state index in [1.54, 1.807) is 24.3 Å². The quantitative estimate of drug-likeness (QED) is 0.0840. The Kier molecular flexibility index (Phi) is 19.9. The van der Waals surface area contributed by atoms with E-state index in [1.807, 2.05) is 0 Å². The van der Waals surface area contributed by atoms with Crippen LogP contribution in [-0.2, 0) is 16.0 Å². The van der Waals surface area contributed by atoms with Gasteiger partial charge in [-0.15, -0.1) is 0 Å². The van der Waals surface area contributed by atoms with Gasteiger partial charge in [0.2, 0.25) is 0 Å². The van der Waals surface area contributed by atoms with E-state index in [1.165, 1.54) is 109 Å². The molecule has 1 rings (SSSR count). The number of carbonyl (C=O) groups is 2. The summed E-state index contributed by atoms with van der Waals surface area (Å²) < 4.78 is 5.37. The smallest absolute Gasteiger partial charge is 0.320 e. The van der Waals surface area contributed by atoms with Crippen molar-refractivity contribution < 1.29 is 19.4 Å². The average molecular weight is 504 g/mol. The molecular formula is C31H53NO4. The number of aliphatic carboxylic acids is 1. The number of benzene rings is 1. The van der Waals surface area contributed by atoms with Crippen LogP contribution in [0.5, 0.6) is 5.75 Å². The van der Waals surface area contributed by atoms with Gasteiger partial charge in [-0.25, -0.2) is 0 Å². The van der Waals surface area contributed by atoms with Crippen molar-refractivity contribution in [1.82, 2.24) is 0 Å². The first-order valence-corrected chi connectivity index (χ1v) is 14.8. The third-order valence-electron chi connectivity index (χ3n) is 6.91.